The van der Waals surface area contributed by atoms with Crippen LogP contribution < -0.4 is 10.4 Å². The van der Waals surface area contributed by atoms with E-state index in [1.54, 1.807) is 0 Å². The molecule has 6 aromatic carbocycles. The van der Waals surface area contributed by atoms with Gasteiger partial charge < -0.3 is 0 Å². The Morgan fingerprint density at radius 2 is 0.800 bits per heavy atom. The molecule has 1 aromatic heterocycles. The van der Waals surface area contributed by atoms with Gasteiger partial charge in [-0.1, -0.05) is 153 Å². The van der Waals surface area contributed by atoms with E-state index in [1.807, 2.05) is 24.3 Å². The van der Waals surface area contributed by atoms with Crippen molar-refractivity contribution in [2.75, 3.05) is 0 Å². The van der Waals surface area contributed by atoms with Gasteiger partial charge in [-0.25, -0.2) is 15.0 Å². The van der Waals surface area contributed by atoms with Gasteiger partial charge in [0.05, 0.1) is 0 Å². The second-order valence-electron chi connectivity index (χ2n) is 12.1. The molecule has 0 saturated heterocycles. The summed E-state index contributed by atoms with van der Waals surface area (Å²) in [6.45, 7) is 4.92. The molecule has 0 atom stereocenters. The summed E-state index contributed by atoms with van der Waals surface area (Å²) in [5.74, 6) is 2.02. The highest BCUT2D eigenvalue weighted by Gasteiger charge is 2.37. The number of hydrogen-bond donors (Lipinski definition) is 0. The Morgan fingerprint density at radius 3 is 1.42 bits per heavy atom. The second-order valence-corrected chi connectivity index (χ2v) is 16.5. The van der Waals surface area contributed by atoms with Gasteiger partial charge in [-0.3, -0.25) is 0 Å². The summed E-state index contributed by atoms with van der Waals surface area (Å²) >= 11 is 0. The van der Waals surface area contributed by atoms with E-state index >= 15 is 0 Å². The molecule has 3 nitrogen and oxygen atoms in total. The van der Waals surface area contributed by atoms with Crippen molar-refractivity contribution in [1.29, 1.82) is 0 Å². The summed E-state index contributed by atoms with van der Waals surface area (Å²) in [6, 6.07) is 53.5. The van der Waals surface area contributed by atoms with Crippen molar-refractivity contribution in [2.45, 2.75) is 13.1 Å². The molecule has 0 aliphatic carbocycles. The van der Waals surface area contributed by atoms with Gasteiger partial charge in [-0.2, -0.15) is 0 Å². The van der Waals surface area contributed by atoms with Crippen molar-refractivity contribution in [3.05, 3.63) is 152 Å². The standard InChI is InChI=1S/C41H31N3Si/c1-45(2)37-24-22-34(26-36(37)35-23-21-32(27-38(35)45)29-15-8-4-9-16-29)41-43-39(30-17-10-5-11-18-30)42-40(44-41)33-20-12-19-31(25-33)28-13-6-3-7-14-28/h3-27H,1-2H3. The Morgan fingerprint density at radius 1 is 0.333 bits per heavy atom. The van der Waals surface area contributed by atoms with Crippen LogP contribution in [-0.4, -0.2) is 23.0 Å². The molecule has 1 aliphatic heterocycles. The first-order chi connectivity index (χ1) is 22.0. The molecule has 1 aliphatic rings. The zero-order chi connectivity index (χ0) is 30.4. The lowest BCUT2D eigenvalue weighted by Crippen LogP contribution is -2.49. The zero-order valence-electron chi connectivity index (χ0n) is 25.3. The smallest absolute Gasteiger partial charge is 0.164 e. The van der Waals surface area contributed by atoms with Gasteiger partial charge in [0, 0.05) is 16.7 Å². The van der Waals surface area contributed by atoms with Crippen LogP contribution in [-0.2, 0) is 0 Å². The summed E-state index contributed by atoms with van der Waals surface area (Å²) in [6.07, 6.45) is 0. The third-order valence-corrected chi connectivity index (χ3v) is 12.5. The van der Waals surface area contributed by atoms with E-state index in [1.165, 1.54) is 32.6 Å². The first-order valence-corrected chi connectivity index (χ1v) is 18.4. The molecule has 4 heteroatoms. The van der Waals surface area contributed by atoms with Crippen LogP contribution in [0.1, 0.15) is 0 Å². The summed E-state index contributed by atoms with van der Waals surface area (Å²) in [7, 11) is -1.89. The topological polar surface area (TPSA) is 38.7 Å². The largest absolute Gasteiger partial charge is 0.208 e. The van der Waals surface area contributed by atoms with Crippen LogP contribution in [0.5, 0.6) is 0 Å². The number of fused-ring (bicyclic) bond motifs is 3. The molecule has 0 saturated carbocycles. The van der Waals surface area contributed by atoms with Crippen LogP contribution in [0.2, 0.25) is 13.1 Å². The minimum absolute atomic E-state index is 0.666. The van der Waals surface area contributed by atoms with Crippen LogP contribution in [0.25, 0.3) is 67.5 Å². The lowest BCUT2D eigenvalue weighted by molar-refractivity contribution is 1.07. The number of rotatable bonds is 5. The van der Waals surface area contributed by atoms with E-state index < -0.39 is 8.07 Å². The van der Waals surface area contributed by atoms with E-state index in [9.17, 15) is 0 Å². The quantitative estimate of drug-likeness (QED) is 0.187. The lowest BCUT2D eigenvalue weighted by atomic mass is 9.99. The molecule has 45 heavy (non-hydrogen) atoms. The first kappa shape index (κ1) is 27.1. The van der Waals surface area contributed by atoms with Crippen molar-refractivity contribution in [2.24, 2.45) is 0 Å². The Kier molecular flexibility index (Phi) is 6.58. The van der Waals surface area contributed by atoms with Crippen molar-refractivity contribution in [3.63, 3.8) is 0 Å². The average molecular weight is 594 g/mol. The maximum absolute atomic E-state index is 5.09. The maximum atomic E-state index is 5.09. The van der Waals surface area contributed by atoms with Crippen molar-refractivity contribution < 1.29 is 0 Å². The number of nitrogens with zero attached hydrogens (tertiary/aromatic N) is 3. The Balaban J connectivity index is 1.26. The Labute approximate surface area is 265 Å². The highest BCUT2D eigenvalue weighted by molar-refractivity contribution is 7.03. The molecule has 214 valence electrons. The fraction of sp³-hybridized carbons (Fsp3) is 0.0488. The summed E-state index contributed by atoms with van der Waals surface area (Å²) < 4.78 is 0. The zero-order valence-corrected chi connectivity index (χ0v) is 26.3. The van der Waals surface area contributed by atoms with E-state index in [-0.39, 0.29) is 0 Å². The molecule has 7 aromatic rings. The SMILES string of the molecule is C[Si]1(C)c2ccc(-c3nc(-c4ccccc4)nc(-c4cccc(-c5ccccc5)c4)n3)cc2-c2ccc(-c3ccccc3)cc21. The normalized spacial score (nSPS) is 12.8. The van der Waals surface area contributed by atoms with Gasteiger partial charge in [0.25, 0.3) is 0 Å². The van der Waals surface area contributed by atoms with Gasteiger partial charge in [0.1, 0.15) is 8.07 Å². The molecule has 8 rings (SSSR count). The second kappa shape index (κ2) is 10.9. The lowest BCUT2D eigenvalue weighted by Gasteiger charge is -2.19. The number of hydrogen-bond acceptors (Lipinski definition) is 3. The number of aromatic nitrogens is 3. The summed E-state index contributed by atoms with van der Waals surface area (Å²) in [5, 5.41) is 2.94. The summed E-state index contributed by atoms with van der Waals surface area (Å²) in [4.78, 5) is 15.1. The van der Waals surface area contributed by atoms with Gasteiger partial charge >= 0.3 is 0 Å². The fourth-order valence-electron chi connectivity index (χ4n) is 6.52. The highest BCUT2D eigenvalue weighted by Crippen LogP contribution is 2.34. The molecular formula is C41H31N3Si. The molecule has 0 radical (unpaired) electrons. The maximum Gasteiger partial charge on any atom is 0.164 e. The van der Waals surface area contributed by atoms with E-state index in [0.717, 1.165) is 27.8 Å². The van der Waals surface area contributed by atoms with Crippen LogP contribution in [0.3, 0.4) is 0 Å². The van der Waals surface area contributed by atoms with Crippen molar-refractivity contribution in [3.8, 4) is 67.5 Å². The molecule has 0 fully saturated rings. The van der Waals surface area contributed by atoms with Gasteiger partial charge in [0.2, 0.25) is 0 Å². The fourth-order valence-corrected chi connectivity index (χ4v) is 9.60. The van der Waals surface area contributed by atoms with E-state index in [0.29, 0.717) is 17.5 Å². The van der Waals surface area contributed by atoms with Crippen LogP contribution in [0.15, 0.2) is 152 Å². The Bertz CT molecular complexity index is 2180. The third-order valence-electron chi connectivity index (χ3n) is 8.94. The monoisotopic (exact) mass is 593 g/mol. The average Bonchev–Trinajstić information content (AvgIpc) is 3.34. The molecular weight excluding hydrogens is 563 g/mol. The minimum atomic E-state index is -1.89. The van der Waals surface area contributed by atoms with Crippen molar-refractivity contribution >= 4 is 18.4 Å². The summed E-state index contributed by atoms with van der Waals surface area (Å²) in [5.41, 5.74) is 10.4. The van der Waals surface area contributed by atoms with E-state index in [4.69, 9.17) is 15.0 Å². The van der Waals surface area contributed by atoms with Crippen LogP contribution in [0.4, 0.5) is 0 Å². The highest BCUT2D eigenvalue weighted by atomic mass is 28.3. The predicted octanol–water partition coefficient (Wildman–Crippen LogP) is 9.01. The van der Waals surface area contributed by atoms with Crippen molar-refractivity contribution in [1.82, 2.24) is 15.0 Å². The molecule has 0 N–H and O–H groups in total. The molecule has 0 spiro atoms. The predicted molar refractivity (Wildman–Crippen MR) is 189 cm³/mol. The van der Waals surface area contributed by atoms with Crippen LogP contribution in [0, 0.1) is 0 Å². The first-order valence-electron chi connectivity index (χ1n) is 15.4. The van der Waals surface area contributed by atoms with Gasteiger partial charge in [-0.05, 0) is 55.9 Å². The number of benzene rings is 6. The minimum Gasteiger partial charge on any atom is -0.208 e. The molecule has 2 heterocycles. The van der Waals surface area contributed by atoms with Gasteiger partial charge in [-0.15, -0.1) is 0 Å². The van der Waals surface area contributed by atoms with Gasteiger partial charge in [0.15, 0.2) is 17.5 Å². The molecule has 0 unspecified atom stereocenters. The molecule has 0 amide bonds. The third kappa shape index (κ3) is 4.90. The Hall–Kier alpha value is -5.45. The van der Waals surface area contributed by atoms with E-state index in [2.05, 4.69) is 140 Å². The molecule has 0 bridgehead atoms. The van der Waals surface area contributed by atoms with Crippen LogP contribution >= 0.6 is 0 Å².